The molecule has 1 aromatic carbocycles. The van der Waals surface area contributed by atoms with E-state index in [4.69, 9.17) is 4.74 Å². The van der Waals surface area contributed by atoms with Crippen LogP contribution in [0.1, 0.15) is 70.2 Å². The van der Waals surface area contributed by atoms with Crippen LogP contribution in [0.25, 0.3) is 0 Å². The second-order valence-electron chi connectivity index (χ2n) is 9.17. The molecule has 2 amide bonds. The van der Waals surface area contributed by atoms with Crippen molar-refractivity contribution >= 4 is 12.0 Å². The molecular formula is C23H37N3O3. The van der Waals surface area contributed by atoms with Crippen LogP contribution in [0.4, 0.5) is 4.79 Å². The Labute approximate surface area is 175 Å². The first-order chi connectivity index (χ1) is 13.5. The van der Waals surface area contributed by atoms with E-state index >= 15 is 0 Å². The van der Waals surface area contributed by atoms with Crippen molar-refractivity contribution in [2.24, 2.45) is 0 Å². The summed E-state index contributed by atoms with van der Waals surface area (Å²) >= 11 is 0. The third-order valence-corrected chi connectivity index (χ3v) is 5.34. The zero-order chi connectivity index (χ0) is 21.6. The average Bonchev–Trinajstić information content (AvgIpc) is 2.64. The van der Waals surface area contributed by atoms with Crippen molar-refractivity contribution in [3.63, 3.8) is 0 Å². The number of hydrogen-bond donors (Lipinski definition) is 2. The Morgan fingerprint density at radius 1 is 1.14 bits per heavy atom. The molecular weight excluding hydrogens is 366 g/mol. The van der Waals surface area contributed by atoms with Crippen LogP contribution in [0.3, 0.4) is 0 Å². The molecule has 6 heteroatoms. The molecule has 0 fully saturated rings. The molecule has 1 aliphatic carbocycles. The maximum Gasteiger partial charge on any atom is 0.407 e. The Kier molecular flexibility index (Phi) is 8.08. The Hall–Kier alpha value is -2.08. The van der Waals surface area contributed by atoms with Gasteiger partial charge in [0.15, 0.2) is 0 Å². The minimum absolute atomic E-state index is 0.00678. The van der Waals surface area contributed by atoms with E-state index in [1.807, 2.05) is 46.6 Å². The number of carbonyl (C=O) groups is 2. The van der Waals surface area contributed by atoms with E-state index in [2.05, 4.69) is 28.8 Å². The van der Waals surface area contributed by atoms with E-state index in [1.165, 1.54) is 24.0 Å². The molecule has 0 saturated carbocycles. The lowest BCUT2D eigenvalue weighted by molar-refractivity contribution is -0.123. The van der Waals surface area contributed by atoms with Gasteiger partial charge in [-0.25, -0.2) is 4.79 Å². The Balaban J connectivity index is 1.79. The van der Waals surface area contributed by atoms with Gasteiger partial charge >= 0.3 is 6.09 Å². The number of alkyl carbamates (subject to hydrolysis) is 1. The Bertz CT molecular complexity index is 712. The number of nitrogens with zero attached hydrogens (tertiary/aromatic N) is 1. The molecule has 0 radical (unpaired) electrons. The van der Waals surface area contributed by atoms with Gasteiger partial charge in [0.2, 0.25) is 5.91 Å². The fourth-order valence-corrected chi connectivity index (χ4v) is 3.48. The Morgan fingerprint density at radius 3 is 2.45 bits per heavy atom. The van der Waals surface area contributed by atoms with Crippen molar-refractivity contribution in [2.75, 3.05) is 20.1 Å². The molecule has 2 rings (SSSR count). The van der Waals surface area contributed by atoms with Crippen LogP contribution in [0.2, 0.25) is 0 Å². The monoisotopic (exact) mass is 403 g/mol. The number of rotatable bonds is 7. The maximum atomic E-state index is 12.5. The van der Waals surface area contributed by atoms with Crippen molar-refractivity contribution in [2.45, 2.75) is 78.0 Å². The standard InChI is InChI=1S/C23H37N3O3/c1-16(14-24-22(28)29-23(3,4)5)26(6)15-21(27)25-17(2)19-12-11-18-9-7-8-10-20(18)13-19/h11-13,16-17H,7-10,14-15H2,1-6H3,(H,24,28)(H,25,27). The lowest BCUT2D eigenvalue weighted by Crippen LogP contribution is -2.45. The molecule has 2 unspecified atom stereocenters. The van der Waals surface area contributed by atoms with Crippen LogP contribution in [-0.2, 0) is 22.4 Å². The number of aryl methyl sites for hydroxylation is 2. The number of ether oxygens (including phenoxy) is 1. The SMILES string of the molecule is CC(NC(=O)CN(C)C(C)CNC(=O)OC(C)(C)C)c1ccc2c(c1)CCCC2. The highest BCUT2D eigenvalue weighted by atomic mass is 16.6. The molecule has 1 aliphatic rings. The zero-order valence-corrected chi connectivity index (χ0v) is 18.8. The van der Waals surface area contributed by atoms with Gasteiger partial charge in [0.05, 0.1) is 12.6 Å². The van der Waals surface area contributed by atoms with E-state index in [-0.39, 0.29) is 24.5 Å². The maximum absolute atomic E-state index is 12.5. The molecule has 0 spiro atoms. The molecule has 0 saturated heterocycles. The zero-order valence-electron chi connectivity index (χ0n) is 18.8. The van der Waals surface area contributed by atoms with E-state index in [9.17, 15) is 9.59 Å². The summed E-state index contributed by atoms with van der Waals surface area (Å²) in [5, 5.41) is 5.85. The number of likely N-dealkylation sites (N-methyl/N-ethyl adjacent to an activating group) is 1. The summed E-state index contributed by atoms with van der Waals surface area (Å²) in [5.74, 6) is -0.0261. The summed E-state index contributed by atoms with van der Waals surface area (Å²) in [7, 11) is 1.88. The second-order valence-corrected chi connectivity index (χ2v) is 9.17. The van der Waals surface area contributed by atoms with Crippen LogP contribution in [0.5, 0.6) is 0 Å². The molecule has 0 aliphatic heterocycles. The quantitative estimate of drug-likeness (QED) is 0.730. The van der Waals surface area contributed by atoms with Crippen LogP contribution >= 0.6 is 0 Å². The highest BCUT2D eigenvalue weighted by Crippen LogP contribution is 2.24. The van der Waals surface area contributed by atoms with Crippen molar-refractivity contribution in [1.82, 2.24) is 15.5 Å². The predicted molar refractivity (Wildman–Crippen MR) is 116 cm³/mol. The van der Waals surface area contributed by atoms with Gasteiger partial charge in [-0.3, -0.25) is 9.69 Å². The van der Waals surface area contributed by atoms with Gasteiger partial charge in [-0.05, 0) is 84.0 Å². The highest BCUT2D eigenvalue weighted by Gasteiger charge is 2.19. The van der Waals surface area contributed by atoms with Crippen molar-refractivity contribution < 1.29 is 14.3 Å². The van der Waals surface area contributed by atoms with E-state index < -0.39 is 11.7 Å². The number of hydrogen-bond acceptors (Lipinski definition) is 4. The van der Waals surface area contributed by atoms with Gasteiger partial charge in [0.25, 0.3) is 0 Å². The first-order valence-corrected chi connectivity index (χ1v) is 10.6. The van der Waals surface area contributed by atoms with Gasteiger partial charge < -0.3 is 15.4 Å². The number of amides is 2. The summed E-state index contributed by atoms with van der Waals surface area (Å²) in [4.78, 5) is 26.2. The van der Waals surface area contributed by atoms with Gasteiger partial charge in [0.1, 0.15) is 5.60 Å². The van der Waals surface area contributed by atoms with E-state index in [0.717, 1.165) is 18.4 Å². The smallest absolute Gasteiger partial charge is 0.407 e. The first kappa shape index (κ1) is 23.2. The molecule has 1 aromatic rings. The average molecular weight is 404 g/mol. The van der Waals surface area contributed by atoms with Gasteiger partial charge in [0, 0.05) is 12.6 Å². The fraction of sp³-hybridized carbons (Fsp3) is 0.652. The van der Waals surface area contributed by atoms with Gasteiger partial charge in [-0.2, -0.15) is 0 Å². The number of fused-ring (bicyclic) bond motifs is 1. The first-order valence-electron chi connectivity index (χ1n) is 10.6. The van der Waals surface area contributed by atoms with Crippen molar-refractivity contribution in [1.29, 1.82) is 0 Å². The summed E-state index contributed by atoms with van der Waals surface area (Å²) < 4.78 is 5.24. The van der Waals surface area contributed by atoms with Crippen LogP contribution < -0.4 is 10.6 Å². The van der Waals surface area contributed by atoms with Crippen LogP contribution in [0.15, 0.2) is 18.2 Å². The van der Waals surface area contributed by atoms with Crippen molar-refractivity contribution in [3.05, 3.63) is 34.9 Å². The summed E-state index contributed by atoms with van der Waals surface area (Å²) in [5.41, 5.74) is 3.51. The predicted octanol–water partition coefficient (Wildman–Crippen LogP) is 3.59. The Morgan fingerprint density at radius 2 is 1.79 bits per heavy atom. The van der Waals surface area contributed by atoms with Crippen molar-refractivity contribution in [3.8, 4) is 0 Å². The molecule has 0 bridgehead atoms. The van der Waals surface area contributed by atoms with Crippen LogP contribution in [0, 0.1) is 0 Å². The molecule has 0 aromatic heterocycles. The number of benzene rings is 1. The minimum Gasteiger partial charge on any atom is -0.444 e. The minimum atomic E-state index is -0.522. The van der Waals surface area contributed by atoms with Crippen LogP contribution in [-0.4, -0.2) is 48.7 Å². The molecule has 6 nitrogen and oxygen atoms in total. The number of carbonyl (C=O) groups excluding carboxylic acids is 2. The van der Waals surface area contributed by atoms with E-state index in [1.54, 1.807) is 0 Å². The fourth-order valence-electron chi connectivity index (χ4n) is 3.48. The third kappa shape index (κ3) is 7.69. The van der Waals surface area contributed by atoms with E-state index in [0.29, 0.717) is 6.54 Å². The molecule has 162 valence electrons. The summed E-state index contributed by atoms with van der Waals surface area (Å²) in [6.45, 7) is 10.2. The molecule has 0 heterocycles. The normalized spacial score (nSPS) is 16.0. The largest absolute Gasteiger partial charge is 0.444 e. The topological polar surface area (TPSA) is 70.7 Å². The number of nitrogens with one attached hydrogen (secondary N) is 2. The highest BCUT2D eigenvalue weighted by molar-refractivity contribution is 5.78. The molecule has 2 atom stereocenters. The molecule has 2 N–H and O–H groups in total. The second kappa shape index (κ2) is 10.1. The lowest BCUT2D eigenvalue weighted by Gasteiger charge is -2.26. The molecule has 29 heavy (non-hydrogen) atoms. The third-order valence-electron chi connectivity index (χ3n) is 5.34. The van der Waals surface area contributed by atoms with Gasteiger partial charge in [-0.1, -0.05) is 18.2 Å². The van der Waals surface area contributed by atoms with Gasteiger partial charge in [-0.15, -0.1) is 0 Å². The lowest BCUT2D eigenvalue weighted by atomic mass is 9.89. The summed E-state index contributed by atoms with van der Waals surface area (Å²) in [6.07, 6.45) is 4.37. The summed E-state index contributed by atoms with van der Waals surface area (Å²) in [6, 6.07) is 6.57.